The van der Waals surface area contributed by atoms with Crippen molar-refractivity contribution in [2.24, 2.45) is 5.92 Å². The highest BCUT2D eigenvalue weighted by molar-refractivity contribution is 5.67. The SMILES string of the molecule is CC(C)C(C)(CNC(=O)OC(C)(C)C)NCc1ccc(O)cn1. The highest BCUT2D eigenvalue weighted by atomic mass is 16.6. The third-order valence-electron chi connectivity index (χ3n) is 3.76. The minimum Gasteiger partial charge on any atom is -0.506 e. The Balaban J connectivity index is 2.60. The molecule has 1 rings (SSSR count). The second kappa shape index (κ2) is 7.64. The fraction of sp³-hybridized carbons (Fsp3) is 0.647. The van der Waals surface area contributed by atoms with Gasteiger partial charge in [-0.25, -0.2) is 4.79 Å². The van der Waals surface area contributed by atoms with E-state index < -0.39 is 11.7 Å². The van der Waals surface area contributed by atoms with E-state index in [9.17, 15) is 9.90 Å². The molecule has 1 aromatic rings. The number of nitrogens with zero attached hydrogens (tertiary/aromatic N) is 1. The molecule has 0 fully saturated rings. The molecule has 0 aromatic carbocycles. The van der Waals surface area contributed by atoms with Crippen LogP contribution in [0.3, 0.4) is 0 Å². The minimum absolute atomic E-state index is 0.145. The standard InChI is InChI=1S/C17H29N3O3/c1-12(2)17(6,11-19-15(22)23-16(3,4)5)20-9-13-7-8-14(21)10-18-13/h7-8,10,12,20-21H,9,11H2,1-6H3,(H,19,22). The van der Waals surface area contributed by atoms with E-state index in [1.165, 1.54) is 6.20 Å². The first-order valence-corrected chi connectivity index (χ1v) is 7.87. The van der Waals surface area contributed by atoms with Crippen molar-refractivity contribution in [3.8, 4) is 5.75 Å². The van der Waals surface area contributed by atoms with Gasteiger partial charge in [-0.2, -0.15) is 0 Å². The first-order chi connectivity index (χ1) is 10.5. The Morgan fingerprint density at radius 1 is 1.30 bits per heavy atom. The van der Waals surface area contributed by atoms with Gasteiger partial charge in [-0.15, -0.1) is 0 Å². The number of pyridine rings is 1. The number of amides is 1. The average molecular weight is 323 g/mol. The second-order valence-corrected chi connectivity index (χ2v) is 7.29. The number of aromatic hydroxyl groups is 1. The lowest BCUT2D eigenvalue weighted by Crippen LogP contribution is -2.55. The molecule has 130 valence electrons. The topological polar surface area (TPSA) is 83.5 Å². The van der Waals surface area contributed by atoms with Crippen molar-refractivity contribution in [1.29, 1.82) is 0 Å². The maximum Gasteiger partial charge on any atom is 0.407 e. The quantitative estimate of drug-likeness (QED) is 0.750. The molecule has 0 saturated carbocycles. The summed E-state index contributed by atoms with van der Waals surface area (Å²) in [5.41, 5.74) is 0.00462. The Morgan fingerprint density at radius 3 is 2.43 bits per heavy atom. The molecular weight excluding hydrogens is 294 g/mol. The molecule has 0 bridgehead atoms. The molecule has 1 aromatic heterocycles. The Hall–Kier alpha value is -1.82. The summed E-state index contributed by atoms with van der Waals surface area (Å²) in [5.74, 6) is 0.432. The van der Waals surface area contributed by atoms with Crippen molar-refractivity contribution < 1.29 is 14.6 Å². The van der Waals surface area contributed by atoms with Crippen LogP contribution in [0.4, 0.5) is 4.79 Å². The first kappa shape index (κ1) is 19.2. The highest BCUT2D eigenvalue weighted by Crippen LogP contribution is 2.17. The van der Waals surface area contributed by atoms with Crippen LogP contribution in [-0.2, 0) is 11.3 Å². The van der Waals surface area contributed by atoms with E-state index in [1.54, 1.807) is 12.1 Å². The molecular formula is C17H29N3O3. The third-order valence-corrected chi connectivity index (χ3v) is 3.76. The largest absolute Gasteiger partial charge is 0.506 e. The van der Waals surface area contributed by atoms with Crippen molar-refractivity contribution in [3.05, 3.63) is 24.0 Å². The van der Waals surface area contributed by atoms with Crippen LogP contribution in [0.25, 0.3) is 0 Å². The minimum atomic E-state index is -0.512. The third kappa shape index (κ3) is 6.86. The zero-order valence-electron chi connectivity index (χ0n) is 14.9. The maximum absolute atomic E-state index is 11.8. The number of ether oxygens (including phenoxy) is 1. The molecule has 1 amide bonds. The van der Waals surface area contributed by atoms with Crippen LogP contribution >= 0.6 is 0 Å². The molecule has 1 heterocycles. The Kier molecular flexibility index (Phi) is 6.38. The van der Waals surface area contributed by atoms with Gasteiger partial charge in [-0.1, -0.05) is 13.8 Å². The summed E-state index contributed by atoms with van der Waals surface area (Å²) in [6.45, 7) is 12.7. The lowest BCUT2D eigenvalue weighted by Gasteiger charge is -2.35. The fourth-order valence-corrected chi connectivity index (χ4v) is 1.85. The number of alkyl carbamates (subject to hydrolysis) is 1. The highest BCUT2D eigenvalue weighted by Gasteiger charge is 2.29. The zero-order valence-corrected chi connectivity index (χ0v) is 14.9. The Labute approximate surface area is 138 Å². The van der Waals surface area contributed by atoms with E-state index in [0.717, 1.165) is 5.69 Å². The zero-order chi connectivity index (χ0) is 17.7. The van der Waals surface area contributed by atoms with Gasteiger partial charge in [-0.3, -0.25) is 4.98 Å². The average Bonchev–Trinajstić information content (AvgIpc) is 2.42. The summed E-state index contributed by atoms with van der Waals surface area (Å²) in [6.07, 6.45) is 0.997. The molecule has 1 unspecified atom stereocenters. The number of aromatic nitrogens is 1. The molecule has 0 aliphatic heterocycles. The summed E-state index contributed by atoms with van der Waals surface area (Å²) >= 11 is 0. The van der Waals surface area contributed by atoms with Crippen molar-refractivity contribution in [2.45, 2.75) is 59.2 Å². The van der Waals surface area contributed by atoms with Gasteiger partial charge in [0.25, 0.3) is 0 Å². The number of rotatable bonds is 6. The molecule has 0 spiro atoms. The van der Waals surface area contributed by atoms with Gasteiger partial charge in [0.05, 0.1) is 11.9 Å². The summed E-state index contributed by atoms with van der Waals surface area (Å²) in [5, 5.41) is 15.5. The summed E-state index contributed by atoms with van der Waals surface area (Å²) < 4.78 is 5.27. The van der Waals surface area contributed by atoms with Crippen LogP contribution in [0.5, 0.6) is 5.75 Å². The van der Waals surface area contributed by atoms with E-state index in [0.29, 0.717) is 13.1 Å². The van der Waals surface area contributed by atoms with Crippen molar-refractivity contribution >= 4 is 6.09 Å². The number of hydrogen-bond acceptors (Lipinski definition) is 5. The monoisotopic (exact) mass is 323 g/mol. The van der Waals surface area contributed by atoms with Crippen molar-refractivity contribution in [1.82, 2.24) is 15.6 Å². The lowest BCUT2D eigenvalue weighted by atomic mass is 9.88. The molecule has 0 aliphatic rings. The molecule has 0 saturated heterocycles. The van der Waals surface area contributed by atoms with Gasteiger partial charge in [0, 0.05) is 18.6 Å². The maximum atomic E-state index is 11.8. The van der Waals surface area contributed by atoms with E-state index >= 15 is 0 Å². The van der Waals surface area contributed by atoms with Crippen LogP contribution in [0.15, 0.2) is 18.3 Å². The normalized spacial score (nSPS) is 14.4. The summed E-state index contributed by atoms with van der Waals surface area (Å²) in [4.78, 5) is 16.0. The van der Waals surface area contributed by atoms with Crippen molar-refractivity contribution in [3.63, 3.8) is 0 Å². The van der Waals surface area contributed by atoms with Crippen LogP contribution in [-0.4, -0.2) is 33.9 Å². The van der Waals surface area contributed by atoms with Crippen LogP contribution in [0.2, 0.25) is 0 Å². The van der Waals surface area contributed by atoms with E-state index in [-0.39, 0.29) is 17.2 Å². The summed E-state index contributed by atoms with van der Waals surface area (Å²) in [7, 11) is 0. The summed E-state index contributed by atoms with van der Waals surface area (Å²) in [6, 6.07) is 3.38. The number of nitrogens with one attached hydrogen (secondary N) is 2. The van der Waals surface area contributed by atoms with Crippen LogP contribution in [0.1, 0.15) is 47.2 Å². The number of carbonyl (C=O) groups excluding carboxylic acids is 1. The molecule has 1 atom stereocenters. The van der Waals surface area contributed by atoms with E-state index in [1.807, 2.05) is 20.8 Å². The fourth-order valence-electron chi connectivity index (χ4n) is 1.85. The molecule has 0 aliphatic carbocycles. The van der Waals surface area contributed by atoms with Gasteiger partial charge in [0.1, 0.15) is 11.4 Å². The predicted molar refractivity (Wildman–Crippen MR) is 90.2 cm³/mol. The van der Waals surface area contributed by atoms with Crippen LogP contribution in [0, 0.1) is 5.92 Å². The van der Waals surface area contributed by atoms with E-state index in [4.69, 9.17) is 4.74 Å². The number of carbonyl (C=O) groups is 1. The van der Waals surface area contributed by atoms with Gasteiger partial charge in [0.2, 0.25) is 0 Å². The lowest BCUT2D eigenvalue weighted by molar-refractivity contribution is 0.0503. The van der Waals surface area contributed by atoms with Gasteiger partial charge < -0.3 is 20.5 Å². The van der Waals surface area contributed by atoms with Gasteiger partial charge in [0.15, 0.2) is 0 Å². The van der Waals surface area contributed by atoms with Crippen LogP contribution < -0.4 is 10.6 Å². The van der Waals surface area contributed by atoms with Gasteiger partial charge >= 0.3 is 6.09 Å². The Bertz CT molecular complexity index is 509. The smallest absolute Gasteiger partial charge is 0.407 e. The second-order valence-electron chi connectivity index (χ2n) is 7.29. The molecule has 6 heteroatoms. The molecule has 0 radical (unpaired) electrons. The molecule has 23 heavy (non-hydrogen) atoms. The molecule has 6 nitrogen and oxygen atoms in total. The van der Waals surface area contributed by atoms with E-state index in [2.05, 4.69) is 36.4 Å². The Morgan fingerprint density at radius 2 is 1.96 bits per heavy atom. The molecule has 3 N–H and O–H groups in total. The number of hydrogen-bond donors (Lipinski definition) is 3. The first-order valence-electron chi connectivity index (χ1n) is 7.87. The van der Waals surface area contributed by atoms with Crippen molar-refractivity contribution in [2.75, 3.05) is 6.54 Å². The predicted octanol–water partition coefficient (Wildman–Crippen LogP) is 2.82. The van der Waals surface area contributed by atoms with Gasteiger partial charge in [-0.05, 0) is 45.7 Å².